The number of hydrogen-bond acceptors (Lipinski definition) is 3. The van der Waals surface area contributed by atoms with Crippen LogP contribution in [-0.2, 0) is 11.2 Å². The molecule has 2 aromatic carbocycles. The second kappa shape index (κ2) is 4.84. The molecule has 2 heterocycles. The molecule has 4 rings (SSSR count). The van der Waals surface area contributed by atoms with Crippen LogP contribution in [0, 0.1) is 0 Å². The lowest BCUT2D eigenvalue weighted by Gasteiger charge is -2.46. The van der Waals surface area contributed by atoms with Crippen molar-refractivity contribution in [1.29, 1.82) is 0 Å². The van der Waals surface area contributed by atoms with Gasteiger partial charge < -0.3 is 10.2 Å². The first kappa shape index (κ1) is 13.8. The fourth-order valence-electron chi connectivity index (χ4n) is 3.84. The standard InChI is InChI=1S/C18H17N3O2/c1-21-14-10-6-5-9-13(14)11-18(16(22)19-17(23)20-18)15(21)12-7-3-2-4-8-12/h2-10,15H,11H2,1H3,(H2,19,20,22,23)/t15-,18+/m0/s1. The third kappa shape index (κ3) is 1.93. The first-order chi connectivity index (χ1) is 11.1. The fourth-order valence-corrected chi connectivity index (χ4v) is 3.84. The van der Waals surface area contributed by atoms with Crippen LogP contribution in [0.15, 0.2) is 54.6 Å². The summed E-state index contributed by atoms with van der Waals surface area (Å²) >= 11 is 0. The molecule has 0 radical (unpaired) electrons. The van der Waals surface area contributed by atoms with Crippen molar-refractivity contribution in [3.8, 4) is 0 Å². The van der Waals surface area contributed by atoms with Gasteiger partial charge in [-0.25, -0.2) is 4.79 Å². The van der Waals surface area contributed by atoms with Crippen molar-refractivity contribution in [2.45, 2.75) is 18.0 Å². The summed E-state index contributed by atoms with van der Waals surface area (Å²) in [4.78, 5) is 26.6. The molecule has 3 amide bonds. The highest BCUT2D eigenvalue weighted by Crippen LogP contribution is 2.44. The Morgan fingerprint density at radius 2 is 1.74 bits per heavy atom. The van der Waals surface area contributed by atoms with Crippen LogP contribution in [-0.4, -0.2) is 24.5 Å². The van der Waals surface area contributed by atoms with Gasteiger partial charge in [0.25, 0.3) is 5.91 Å². The molecule has 0 bridgehead atoms. The van der Waals surface area contributed by atoms with E-state index >= 15 is 0 Å². The predicted molar refractivity (Wildman–Crippen MR) is 87.1 cm³/mol. The Bertz CT molecular complexity index is 790. The Hall–Kier alpha value is -2.82. The van der Waals surface area contributed by atoms with Gasteiger partial charge in [-0.3, -0.25) is 10.1 Å². The molecule has 2 aliphatic heterocycles. The molecule has 0 aliphatic carbocycles. The molecule has 0 saturated carbocycles. The third-order valence-corrected chi connectivity index (χ3v) is 4.78. The lowest BCUT2D eigenvalue weighted by atomic mass is 9.75. The smallest absolute Gasteiger partial charge is 0.322 e. The fraction of sp³-hybridized carbons (Fsp3) is 0.222. The number of para-hydroxylation sites is 1. The lowest BCUT2D eigenvalue weighted by molar-refractivity contribution is -0.125. The van der Waals surface area contributed by atoms with E-state index in [9.17, 15) is 9.59 Å². The van der Waals surface area contributed by atoms with E-state index in [-0.39, 0.29) is 11.9 Å². The number of nitrogens with zero attached hydrogens (tertiary/aromatic N) is 1. The minimum Gasteiger partial charge on any atom is -0.364 e. The highest BCUT2D eigenvalue weighted by atomic mass is 16.2. The Balaban J connectivity index is 1.93. The number of imide groups is 1. The number of urea groups is 1. The summed E-state index contributed by atoms with van der Waals surface area (Å²) in [7, 11) is 1.97. The second-order valence-corrected chi connectivity index (χ2v) is 6.11. The predicted octanol–water partition coefficient (Wildman–Crippen LogP) is 2.00. The molecule has 0 aromatic heterocycles. The zero-order chi connectivity index (χ0) is 16.0. The normalized spacial score (nSPS) is 26.0. The molecular weight excluding hydrogens is 290 g/mol. The monoisotopic (exact) mass is 307 g/mol. The van der Waals surface area contributed by atoms with Gasteiger partial charge in [-0.1, -0.05) is 48.5 Å². The number of anilines is 1. The summed E-state index contributed by atoms with van der Waals surface area (Å²) in [6, 6.07) is 17.1. The van der Waals surface area contributed by atoms with Gasteiger partial charge in [0.2, 0.25) is 0 Å². The number of amides is 3. The zero-order valence-electron chi connectivity index (χ0n) is 12.7. The Labute approximate surface area is 134 Å². The Kier molecular flexibility index (Phi) is 2.91. The number of fused-ring (bicyclic) bond motifs is 1. The molecular formula is C18H17N3O2. The highest BCUT2D eigenvalue weighted by molar-refractivity contribution is 6.08. The van der Waals surface area contributed by atoms with Gasteiger partial charge in [-0.2, -0.15) is 0 Å². The Morgan fingerprint density at radius 1 is 1.04 bits per heavy atom. The maximum atomic E-state index is 12.7. The number of carbonyl (C=O) groups is 2. The maximum Gasteiger partial charge on any atom is 0.322 e. The molecule has 1 saturated heterocycles. The zero-order valence-corrected chi connectivity index (χ0v) is 12.7. The molecule has 1 spiro atoms. The van der Waals surface area contributed by atoms with Gasteiger partial charge in [0, 0.05) is 19.2 Å². The van der Waals surface area contributed by atoms with E-state index in [1.54, 1.807) is 0 Å². The molecule has 2 N–H and O–H groups in total. The van der Waals surface area contributed by atoms with Gasteiger partial charge in [0.05, 0.1) is 6.04 Å². The largest absolute Gasteiger partial charge is 0.364 e. The van der Waals surface area contributed by atoms with Crippen LogP contribution >= 0.6 is 0 Å². The van der Waals surface area contributed by atoms with Crippen molar-refractivity contribution in [2.75, 3.05) is 11.9 Å². The van der Waals surface area contributed by atoms with Crippen molar-refractivity contribution in [1.82, 2.24) is 10.6 Å². The van der Waals surface area contributed by atoms with Crippen molar-refractivity contribution in [2.24, 2.45) is 0 Å². The summed E-state index contributed by atoms with van der Waals surface area (Å²) in [5.41, 5.74) is 2.16. The molecule has 1 fully saturated rings. The highest BCUT2D eigenvalue weighted by Gasteiger charge is 2.56. The SMILES string of the molecule is CN1c2ccccc2C[C@@]2(NC(=O)NC2=O)[C@@H]1c1ccccc1. The van der Waals surface area contributed by atoms with Crippen LogP contribution in [0.25, 0.3) is 0 Å². The average molecular weight is 307 g/mol. The molecule has 2 aromatic rings. The van der Waals surface area contributed by atoms with E-state index in [2.05, 4.69) is 15.5 Å². The molecule has 0 unspecified atom stereocenters. The number of carbonyl (C=O) groups excluding carboxylic acids is 2. The molecule has 2 aliphatic rings. The van der Waals surface area contributed by atoms with Crippen LogP contribution in [0.4, 0.5) is 10.5 Å². The van der Waals surface area contributed by atoms with Crippen molar-refractivity contribution in [3.05, 3.63) is 65.7 Å². The number of nitrogens with one attached hydrogen (secondary N) is 2. The average Bonchev–Trinajstić information content (AvgIpc) is 2.82. The number of benzene rings is 2. The van der Waals surface area contributed by atoms with E-state index in [0.717, 1.165) is 16.8 Å². The summed E-state index contributed by atoms with van der Waals surface area (Å²) in [5, 5.41) is 5.31. The van der Waals surface area contributed by atoms with Crippen LogP contribution in [0.1, 0.15) is 17.2 Å². The van der Waals surface area contributed by atoms with Crippen LogP contribution in [0.5, 0.6) is 0 Å². The second-order valence-electron chi connectivity index (χ2n) is 6.11. The van der Waals surface area contributed by atoms with Gasteiger partial charge in [0.1, 0.15) is 5.54 Å². The van der Waals surface area contributed by atoms with E-state index in [4.69, 9.17) is 0 Å². The van der Waals surface area contributed by atoms with E-state index in [1.165, 1.54) is 0 Å². The number of rotatable bonds is 1. The topological polar surface area (TPSA) is 61.4 Å². The Morgan fingerprint density at radius 3 is 2.43 bits per heavy atom. The first-order valence-electron chi connectivity index (χ1n) is 7.61. The molecule has 5 heteroatoms. The van der Waals surface area contributed by atoms with Crippen LogP contribution in [0.2, 0.25) is 0 Å². The van der Waals surface area contributed by atoms with Crippen LogP contribution in [0.3, 0.4) is 0 Å². The van der Waals surface area contributed by atoms with Gasteiger partial charge in [0.15, 0.2) is 0 Å². The third-order valence-electron chi connectivity index (χ3n) is 4.78. The van der Waals surface area contributed by atoms with Gasteiger partial charge in [-0.05, 0) is 17.2 Å². The molecule has 2 atom stereocenters. The van der Waals surface area contributed by atoms with E-state index in [0.29, 0.717) is 6.42 Å². The first-order valence-corrected chi connectivity index (χ1v) is 7.61. The van der Waals surface area contributed by atoms with E-state index in [1.807, 2.05) is 61.6 Å². The molecule has 5 nitrogen and oxygen atoms in total. The molecule has 23 heavy (non-hydrogen) atoms. The minimum atomic E-state index is -0.985. The van der Waals surface area contributed by atoms with Gasteiger partial charge in [-0.15, -0.1) is 0 Å². The number of hydrogen-bond donors (Lipinski definition) is 2. The summed E-state index contributed by atoms with van der Waals surface area (Å²) in [6.07, 6.45) is 0.477. The minimum absolute atomic E-state index is 0.259. The quantitative estimate of drug-likeness (QED) is 0.792. The summed E-state index contributed by atoms with van der Waals surface area (Å²) in [5.74, 6) is -0.266. The van der Waals surface area contributed by atoms with Gasteiger partial charge >= 0.3 is 6.03 Å². The van der Waals surface area contributed by atoms with Crippen molar-refractivity contribution in [3.63, 3.8) is 0 Å². The van der Waals surface area contributed by atoms with Crippen molar-refractivity contribution < 1.29 is 9.59 Å². The number of likely N-dealkylation sites (N-methyl/N-ethyl adjacent to an activating group) is 1. The summed E-state index contributed by atoms with van der Waals surface area (Å²) < 4.78 is 0. The van der Waals surface area contributed by atoms with Crippen LogP contribution < -0.4 is 15.5 Å². The van der Waals surface area contributed by atoms with E-state index < -0.39 is 11.6 Å². The lowest BCUT2D eigenvalue weighted by Crippen LogP contribution is -2.60. The van der Waals surface area contributed by atoms with Crippen molar-refractivity contribution >= 4 is 17.6 Å². The molecule has 116 valence electrons. The summed E-state index contributed by atoms with van der Waals surface area (Å²) in [6.45, 7) is 0. The maximum absolute atomic E-state index is 12.7.